The van der Waals surface area contributed by atoms with Crippen molar-refractivity contribution in [2.24, 2.45) is 17.3 Å². The normalized spacial score (nSPS) is 32.8. The number of aliphatic hydroxyl groups is 1. The topological polar surface area (TPSA) is 66.8 Å². The van der Waals surface area contributed by atoms with Gasteiger partial charge in [-0.15, -0.1) is 0 Å². The summed E-state index contributed by atoms with van der Waals surface area (Å²) in [5.41, 5.74) is 2.90. The molecule has 0 unspecified atom stereocenters. The van der Waals surface area contributed by atoms with Crippen LogP contribution in [-0.4, -0.2) is 22.3 Å². The number of aryl methyl sites for hydroxylation is 1. The highest BCUT2D eigenvalue weighted by molar-refractivity contribution is 5.91. The van der Waals surface area contributed by atoms with Gasteiger partial charge in [-0.2, -0.15) is 0 Å². The minimum absolute atomic E-state index is 0.0309. The van der Waals surface area contributed by atoms with Gasteiger partial charge >= 0.3 is 5.97 Å². The van der Waals surface area contributed by atoms with Crippen LogP contribution in [0.4, 0.5) is 0 Å². The lowest BCUT2D eigenvalue weighted by Crippen LogP contribution is -2.43. The number of aromatic hydroxyl groups is 1. The van der Waals surface area contributed by atoms with Gasteiger partial charge < -0.3 is 14.9 Å². The van der Waals surface area contributed by atoms with E-state index >= 15 is 0 Å². The van der Waals surface area contributed by atoms with Gasteiger partial charge in [-0.25, -0.2) is 4.79 Å². The lowest BCUT2D eigenvalue weighted by Gasteiger charge is -2.50. The van der Waals surface area contributed by atoms with E-state index in [1.54, 1.807) is 30.3 Å². The molecular formula is C25H28O4. The Hall–Kier alpha value is -2.33. The van der Waals surface area contributed by atoms with Crippen molar-refractivity contribution in [2.75, 3.05) is 0 Å². The zero-order chi connectivity index (χ0) is 20.2. The maximum absolute atomic E-state index is 12.5. The first kappa shape index (κ1) is 18.7. The molecule has 0 bridgehead atoms. The van der Waals surface area contributed by atoms with Gasteiger partial charge in [0.1, 0.15) is 0 Å². The summed E-state index contributed by atoms with van der Waals surface area (Å²) >= 11 is 0. The van der Waals surface area contributed by atoms with E-state index in [1.165, 1.54) is 11.1 Å². The van der Waals surface area contributed by atoms with Crippen molar-refractivity contribution in [2.45, 2.75) is 57.5 Å². The Kier molecular flexibility index (Phi) is 4.43. The Morgan fingerprint density at radius 1 is 1.10 bits per heavy atom. The molecule has 0 aromatic heterocycles. The number of fused-ring (bicyclic) bond motifs is 5. The second-order valence-corrected chi connectivity index (χ2v) is 9.33. The van der Waals surface area contributed by atoms with E-state index in [4.69, 9.17) is 4.74 Å². The van der Waals surface area contributed by atoms with Gasteiger partial charge in [0.2, 0.25) is 0 Å². The summed E-state index contributed by atoms with van der Waals surface area (Å²) in [6.07, 6.45) is 5.93. The maximum atomic E-state index is 12.5. The number of phenols is 1. The van der Waals surface area contributed by atoms with Gasteiger partial charge in [-0.05, 0) is 97.1 Å². The Morgan fingerprint density at radius 3 is 2.69 bits per heavy atom. The van der Waals surface area contributed by atoms with Gasteiger partial charge in [-0.1, -0.05) is 25.1 Å². The maximum Gasteiger partial charge on any atom is 0.343 e. The van der Waals surface area contributed by atoms with Crippen LogP contribution in [0.3, 0.4) is 0 Å². The number of ether oxygens (including phenoxy) is 1. The van der Waals surface area contributed by atoms with E-state index in [1.807, 2.05) is 12.1 Å². The average molecular weight is 392 g/mol. The molecule has 2 aromatic rings. The number of carbonyl (C=O) groups excluding carboxylic acids is 1. The van der Waals surface area contributed by atoms with Crippen LogP contribution in [0, 0.1) is 17.3 Å². The number of phenolic OH excluding ortho intramolecular Hbond substituents is 1. The summed E-state index contributed by atoms with van der Waals surface area (Å²) in [7, 11) is 0. The van der Waals surface area contributed by atoms with Crippen LogP contribution in [0.25, 0.3) is 0 Å². The highest BCUT2D eigenvalue weighted by atomic mass is 16.5. The molecule has 2 saturated carbocycles. The molecule has 5 atom stereocenters. The molecule has 0 aliphatic heterocycles. The lowest BCUT2D eigenvalue weighted by molar-refractivity contribution is -0.0226. The van der Waals surface area contributed by atoms with Crippen molar-refractivity contribution in [3.05, 3.63) is 59.2 Å². The van der Waals surface area contributed by atoms with Gasteiger partial charge in [0.25, 0.3) is 0 Å². The molecule has 0 amide bonds. The van der Waals surface area contributed by atoms with Crippen molar-refractivity contribution in [3.63, 3.8) is 0 Å². The molecule has 0 heterocycles. The van der Waals surface area contributed by atoms with Gasteiger partial charge in [0.05, 0.1) is 11.7 Å². The Morgan fingerprint density at radius 2 is 1.90 bits per heavy atom. The number of hydrogen-bond donors (Lipinski definition) is 2. The highest BCUT2D eigenvalue weighted by Crippen LogP contribution is 2.61. The molecule has 0 spiro atoms. The van der Waals surface area contributed by atoms with Crippen LogP contribution in [0.15, 0.2) is 42.5 Å². The molecule has 0 radical (unpaired) electrons. The Labute approximate surface area is 171 Å². The van der Waals surface area contributed by atoms with Crippen LogP contribution in [0.1, 0.15) is 66.4 Å². The summed E-state index contributed by atoms with van der Waals surface area (Å²) in [5, 5.41) is 21.0. The van der Waals surface area contributed by atoms with E-state index in [9.17, 15) is 15.0 Å². The van der Waals surface area contributed by atoms with E-state index in [2.05, 4.69) is 6.92 Å². The first-order chi connectivity index (χ1) is 14.0. The van der Waals surface area contributed by atoms with E-state index in [0.29, 0.717) is 23.3 Å². The molecule has 4 heteroatoms. The van der Waals surface area contributed by atoms with E-state index in [0.717, 1.165) is 38.5 Å². The van der Waals surface area contributed by atoms with Crippen molar-refractivity contribution in [3.8, 4) is 11.5 Å². The summed E-state index contributed by atoms with van der Waals surface area (Å²) in [4.78, 5) is 12.5. The molecule has 3 aliphatic carbocycles. The number of hydrogen-bond acceptors (Lipinski definition) is 4. The number of benzene rings is 2. The predicted molar refractivity (Wildman–Crippen MR) is 110 cm³/mol. The lowest BCUT2D eigenvalue weighted by atomic mass is 9.55. The van der Waals surface area contributed by atoms with Crippen molar-refractivity contribution < 1.29 is 19.7 Å². The van der Waals surface area contributed by atoms with Crippen LogP contribution in [0.2, 0.25) is 0 Å². The van der Waals surface area contributed by atoms with Gasteiger partial charge in [0, 0.05) is 0 Å². The predicted octanol–water partition coefficient (Wildman–Crippen LogP) is 4.83. The third-order valence-corrected chi connectivity index (χ3v) is 7.97. The average Bonchev–Trinajstić information content (AvgIpc) is 3.04. The first-order valence-electron chi connectivity index (χ1n) is 10.8. The Balaban J connectivity index is 1.45. The van der Waals surface area contributed by atoms with E-state index < -0.39 is 5.97 Å². The molecule has 2 fully saturated rings. The second-order valence-electron chi connectivity index (χ2n) is 9.33. The fourth-order valence-corrected chi connectivity index (χ4v) is 6.37. The second kappa shape index (κ2) is 6.88. The molecule has 0 saturated heterocycles. The SMILES string of the molecule is C[C@]12CC[C@@H]3c4cc(OC(=O)c5ccccc5)c(O)cc4CC[C@H]3[C@@H]1CC[C@@H]2O. The van der Waals surface area contributed by atoms with Gasteiger partial charge in [0.15, 0.2) is 11.5 Å². The fraction of sp³-hybridized carbons (Fsp3) is 0.480. The van der Waals surface area contributed by atoms with Crippen molar-refractivity contribution >= 4 is 5.97 Å². The molecule has 3 aliphatic rings. The van der Waals surface area contributed by atoms with Crippen LogP contribution in [-0.2, 0) is 6.42 Å². The molecule has 5 rings (SSSR count). The number of rotatable bonds is 2. The van der Waals surface area contributed by atoms with Crippen molar-refractivity contribution in [1.29, 1.82) is 0 Å². The Bertz CT molecular complexity index is 937. The van der Waals surface area contributed by atoms with Crippen LogP contribution in [0.5, 0.6) is 11.5 Å². The summed E-state index contributed by atoms with van der Waals surface area (Å²) in [5.74, 6) is 1.34. The highest BCUT2D eigenvalue weighted by Gasteiger charge is 2.54. The largest absolute Gasteiger partial charge is 0.504 e. The number of esters is 1. The molecular weight excluding hydrogens is 364 g/mol. The standard InChI is InChI=1S/C25H28O4/c1-25-12-11-17-18(20(25)9-10-23(25)27)8-7-16-13-21(26)22(14-19(16)17)29-24(28)15-5-3-2-4-6-15/h2-6,13-14,17-18,20,23,26-27H,7-12H2,1H3/t17-,18+,20-,23-,25-/m0/s1. The summed E-state index contributed by atoms with van der Waals surface area (Å²) in [6.45, 7) is 2.27. The van der Waals surface area contributed by atoms with E-state index in [-0.39, 0.29) is 23.0 Å². The van der Waals surface area contributed by atoms with Gasteiger partial charge in [-0.3, -0.25) is 0 Å². The third kappa shape index (κ3) is 2.96. The molecule has 4 nitrogen and oxygen atoms in total. The monoisotopic (exact) mass is 392 g/mol. The van der Waals surface area contributed by atoms with Crippen molar-refractivity contribution in [1.82, 2.24) is 0 Å². The smallest absolute Gasteiger partial charge is 0.343 e. The zero-order valence-electron chi connectivity index (χ0n) is 16.8. The summed E-state index contributed by atoms with van der Waals surface area (Å²) in [6, 6.07) is 12.5. The summed E-state index contributed by atoms with van der Waals surface area (Å²) < 4.78 is 5.57. The fourth-order valence-electron chi connectivity index (χ4n) is 6.37. The zero-order valence-corrected chi connectivity index (χ0v) is 16.8. The minimum atomic E-state index is -0.455. The molecule has 2 aromatic carbocycles. The number of carbonyl (C=O) groups is 1. The molecule has 2 N–H and O–H groups in total. The number of aliphatic hydroxyl groups excluding tert-OH is 1. The third-order valence-electron chi connectivity index (χ3n) is 7.97. The first-order valence-corrected chi connectivity index (χ1v) is 10.8. The molecule has 152 valence electrons. The van der Waals surface area contributed by atoms with Crippen LogP contribution >= 0.6 is 0 Å². The molecule has 29 heavy (non-hydrogen) atoms. The minimum Gasteiger partial charge on any atom is -0.504 e. The van der Waals surface area contributed by atoms with Crippen LogP contribution < -0.4 is 4.74 Å². The quantitative estimate of drug-likeness (QED) is 0.568.